The van der Waals surface area contributed by atoms with Gasteiger partial charge in [0, 0.05) is 23.9 Å². The molecule has 0 saturated carbocycles. The second kappa shape index (κ2) is 5.27. The maximum atomic E-state index is 13.6. The molecule has 0 aliphatic heterocycles. The Morgan fingerprint density at radius 3 is 2.56 bits per heavy atom. The van der Waals surface area contributed by atoms with E-state index in [0.29, 0.717) is 12.0 Å². The highest BCUT2D eigenvalue weighted by molar-refractivity contribution is 5.27. The number of aliphatic hydroxyl groups excluding tert-OH is 1. The number of hydrogen-bond donors (Lipinski definition) is 1. The van der Waals surface area contributed by atoms with Crippen LogP contribution in [0.25, 0.3) is 0 Å². The molecule has 0 amide bonds. The highest BCUT2D eigenvalue weighted by atomic mass is 19.1. The van der Waals surface area contributed by atoms with Gasteiger partial charge in [0.15, 0.2) is 0 Å². The number of hydrogen-bond acceptors (Lipinski definition) is 2. The molecule has 18 heavy (non-hydrogen) atoms. The smallest absolute Gasteiger partial charge is 0.129 e. The number of aromatic nitrogens is 1. The van der Waals surface area contributed by atoms with Crippen molar-refractivity contribution in [3.63, 3.8) is 0 Å². The van der Waals surface area contributed by atoms with Crippen molar-refractivity contribution in [2.24, 2.45) is 0 Å². The fourth-order valence-corrected chi connectivity index (χ4v) is 1.85. The van der Waals surface area contributed by atoms with E-state index in [-0.39, 0.29) is 5.82 Å². The van der Waals surface area contributed by atoms with Gasteiger partial charge in [0.25, 0.3) is 0 Å². The van der Waals surface area contributed by atoms with Crippen molar-refractivity contribution in [2.45, 2.75) is 26.4 Å². The monoisotopic (exact) mass is 245 g/mol. The summed E-state index contributed by atoms with van der Waals surface area (Å²) in [5.74, 6) is -0.375. The van der Waals surface area contributed by atoms with Crippen molar-refractivity contribution < 1.29 is 9.50 Å². The normalized spacial score (nSPS) is 12.4. The predicted molar refractivity (Wildman–Crippen MR) is 68.8 cm³/mol. The van der Waals surface area contributed by atoms with Crippen molar-refractivity contribution in [3.05, 3.63) is 64.7 Å². The molecule has 0 bridgehead atoms. The molecule has 1 atom stereocenters. The number of rotatable bonds is 3. The Morgan fingerprint density at radius 2 is 1.89 bits per heavy atom. The van der Waals surface area contributed by atoms with E-state index in [4.69, 9.17) is 0 Å². The summed E-state index contributed by atoms with van der Waals surface area (Å²) in [4.78, 5) is 4.21. The van der Waals surface area contributed by atoms with E-state index in [0.717, 1.165) is 16.8 Å². The molecule has 1 aromatic heterocycles. The molecule has 0 radical (unpaired) electrons. The number of benzene rings is 1. The van der Waals surface area contributed by atoms with Gasteiger partial charge in [-0.3, -0.25) is 4.98 Å². The topological polar surface area (TPSA) is 33.1 Å². The molecule has 1 unspecified atom stereocenters. The van der Waals surface area contributed by atoms with Gasteiger partial charge in [0.05, 0.1) is 6.10 Å². The third kappa shape index (κ3) is 2.93. The second-order valence-electron chi connectivity index (χ2n) is 4.57. The van der Waals surface area contributed by atoms with E-state index in [1.165, 1.54) is 6.07 Å². The molecule has 2 rings (SSSR count). The average Bonchev–Trinajstić information content (AvgIpc) is 2.35. The third-order valence-electron chi connectivity index (χ3n) is 2.89. The lowest BCUT2D eigenvalue weighted by Gasteiger charge is -2.12. The van der Waals surface area contributed by atoms with Crippen LogP contribution in [0.2, 0.25) is 0 Å². The van der Waals surface area contributed by atoms with Gasteiger partial charge < -0.3 is 5.11 Å². The van der Waals surface area contributed by atoms with Crippen molar-refractivity contribution in [1.29, 1.82) is 0 Å². The third-order valence-corrected chi connectivity index (χ3v) is 2.89. The summed E-state index contributed by atoms with van der Waals surface area (Å²) in [6.07, 6.45) is 1.20. The molecule has 2 nitrogen and oxygen atoms in total. The Kier molecular flexibility index (Phi) is 3.72. The molecule has 0 saturated heterocycles. The van der Waals surface area contributed by atoms with E-state index < -0.39 is 6.10 Å². The Morgan fingerprint density at radius 1 is 1.17 bits per heavy atom. The van der Waals surface area contributed by atoms with Crippen LogP contribution in [-0.2, 0) is 6.42 Å². The maximum Gasteiger partial charge on any atom is 0.129 e. The lowest BCUT2D eigenvalue weighted by Crippen LogP contribution is -2.06. The van der Waals surface area contributed by atoms with Crippen molar-refractivity contribution in [1.82, 2.24) is 4.98 Å². The lowest BCUT2D eigenvalue weighted by molar-refractivity contribution is 0.172. The van der Waals surface area contributed by atoms with Crippen molar-refractivity contribution in [3.8, 4) is 0 Å². The van der Waals surface area contributed by atoms with Gasteiger partial charge in [-0.25, -0.2) is 4.39 Å². The minimum absolute atomic E-state index is 0.320. The minimum Gasteiger partial charge on any atom is -0.388 e. The first-order valence-electron chi connectivity index (χ1n) is 5.92. The molecular weight excluding hydrogens is 229 g/mol. The SMILES string of the molecule is Cc1ccc(CC(O)c2cc(C)ccc2F)nc1. The van der Waals surface area contributed by atoms with Gasteiger partial charge in [-0.1, -0.05) is 23.8 Å². The Balaban J connectivity index is 2.18. The van der Waals surface area contributed by atoms with Crippen LogP contribution in [0.4, 0.5) is 4.39 Å². The number of aryl methyl sites for hydroxylation is 2. The Labute approximate surface area is 106 Å². The van der Waals surface area contributed by atoms with Gasteiger partial charge in [-0.2, -0.15) is 0 Å². The molecule has 1 aromatic carbocycles. The summed E-state index contributed by atoms with van der Waals surface area (Å²) in [6, 6.07) is 8.54. The fraction of sp³-hybridized carbons (Fsp3) is 0.267. The minimum atomic E-state index is -0.861. The van der Waals surface area contributed by atoms with Crippen LogP contribution >= 0.6 is 0 Å². The first-order valence-corrected chi connectivity index (χ1v) is 5.92. The summed E-state index contributed by atoms with van der Waals surface area (Å²) < 4.78 is 13.6. The van der Waals surface area contributed by atoms with Crippen molar-refractivity contribution in [2.75, 3.05) is 0 Å². The predicted octanol–water partition coefficient (Wildman–Crippen LogP) is 3.11. The zero-order chi connectivity index (χ0) is 13.1. The van der Waals surface area contributed by atoms with Gasteiger partial charge in [0.2, 0.25) is 0 Å². The number of nitrogens with zero attached hydrogens (tertiary/aromatic N) is 1. The molecule has 0 spiro atoms. The number of halogens is 1. The Hall–Kier alpha value is -1.74. The summed E-state index contributed by atoms with van der Waals surface area (Å²) in [7, 11) is 0. The highest BCUT2D eigenvalue weighted by Gasteiger charge is 2.14. The number of pyridine rings is 1. The van der Waals surface area contributed by atoms with Gasteiger partial charge >= 0.3 is 0 Å². The van der Waals surface area contributed by atoms with E-state index in [2.05, 4.69) is 4.98 Å². The Bertz CT molecular complexity index is 537. The number of aliphatic hydroxyl groups is 1. The van der Waals surface area contributed by atoms with Crippen LogP contribution in [0.1, 0.15) is 28.5 Å². The molecule has 2 aromatic rings. The molecule has 3 heteroatoms. The zero-order valence-electron chi connectivity index (χ0n) is 10.5. The second-order valence-corrected chi connectivity index (χ2v) is 4.57. The van der Waals surface area contributed by atoms with E-state index in [1.807, 2.05) is 26.0 Å². The van der Waals surface area contributed by atoms with Gasteiger partial charge in [0.1, 0.15) is 5.82 Å². The molecule has 1 N–H and O–H groups in total. The molecular formula is C15H16FNO. The summed E-state index contributed by atoms with van der Waals surface area (Å²) in [5, 5.41) is 10.1. The van der Waals surface area contributed by atoms with Crippen LogP contribution in [0, 0.1) is 19.7 Å². The van der Waals surface area contributed by atoms with Crippen LogP contribution in [0.3, 0.4) is 0 Å². The molecule has 0 fully saturated rings. The van der Waals surface area contributed by atoms with Crippen LogP contribution in [0.15, 0.2) is 36.5 Å². The molecule has 1 heterocycles. The van der Waals surface area contributed by atoms with Crippen LogP contribution in [0.5, 0.6) is 0 Å². The standard InChI is InChI=1S/C15H16FNO/c1-10-4-6-14(16)13(7-10)15(18)8-12-5-3-11(2)9-17-12/h3-7,9,15,18H,8H2,1-2H3. The molecule has 94 valence electrons. The first-order chi connectivity index (χ1) is 8.56. The summed E-state index contributed by atoms with van der Waals surface area (Å²) in [5.41, 5.74) is 3.09. The first kappa shape index (κ1) is 12.7. The van der Waals surface area contributed by atoms with Crippen LogP contribution < -0.4 is 0 Å². The van der Waals surface area contributed by atoms with Gasteiger partial charge in [-0.05, 0) is 31.5 Å². The summed E-state index contributed by atoms with van der Waals surface area (Å²) in [6.45, 7) is 3.83. The average molecular weight is 245 g/mol. The van der Waals surface area contributed by atoms with Crippen molar-refractivity contribution >= 4 is 0 Å². The summed E-state index contributed by atoms with van der Waals surface area (Å²) >= 11 is 0. The quantitative estimate of drug-likeness (QED) is 0.901. The molecule has 0 aliphatic rings. The highest BCUT2D eigenvalue weighted by Crippen LogP contribution is 2.21. The fourth-order valence-electron chi connectivity index (χ4n) is 1.85. The zero-order valence-corrected chi connectivity index (χ0v) is 10.5. The largest absolute Gasteiger partial charge is 0.388 e. The van der Waals surface area contributed by atoms with E-state index >= 15 is 0 Å². The van der Waals surface area contributed by atoms with Crippen LogP contribution in [-0.4, -0.2) is 10.1 Å². The lowest BCUT2D eigenvalue weighted by atomic mass is 10.0. The molecule has 0 aliphatic carbocycles. The van der Waals surface area contributed by atoms with E-state index in [1.54, 1.807) is 18.3 Å². The van der Waals surface area contributed by atoms with Gasteiger partial charge in [-0.15, -0.1) is 0 Å². The maximum absolute atomic E-state index is 13.6. The van der Waals surface area contributed by atoms with E-state index in [9.17, 15) is 9.50 Å².